The first-order valence-electron chi connectivity index (χ1n) is 11.5. The first kappa shape index (κ1) is 23.7. The molecule has 1 atom stereocenters. The summed E-state index contributed by atoms with van der Waals surface area (Å²) in [7, 11) is 0. The lowest BCUT2D eigenvalue weighted by atomic mass is 9.86. The van der Waals surface area contributed by atoms with Crippen molar-refractivity contribution in [2.24, 2.45) is 0 Å². The Kier molecular flexibility index (Phi) is 8.24. The highest BCUT2D eigenvalue weighted by Gasteiger charge is 2.23. The summed E-state index contributed by atoms with van der Waals surface area (Å²) in [6, 6.07) is 26.8. The molecule has 0 unspecified atom stereocenters. The van der Waals surface area contributed by atoms with Crippen LogP contribution >= 0.6 is 0 Å². The van der Waals surface area contributed by atoms with Crippen molar-refractivity contribution < 1.29 is 9.53 Å². The van der Waals surface area contributed by atoms with Gasteiger partial charge >= 0.3 is 5.97 Å². The lowest BCUT2D eigenvalue weighted by Crippen LogP contribution is -2.38. The van der Waals surface area contributed by atoms with Gasteiger partial charge in [0.25, 0.3) is 0 Å². The minimum absolute atomic E-state index is 0.134. The molecule has 0 fully saturated rings. The highest BCUT2D eigenvalue weighted by Crippen LogP contribution is 2.36. The summed E-state index contributed by atoms with van der Waals surface area (Å²) in [5.41, 5.74) is 4.02. The van der Waals surface area contributed by atoms with Crippen LogP contribution < -0.4 is 4.74 Å². The van der Waals surface area contributed by atoms with E-state index in [0.29, 0.717) is 23.4 Å². The standard InChI is InChI=1S/C29H35NO2/c1-21(2)30(22(3)4)19-18-26(24-12-8-6-9-13-24)27-20-23(5)16-17-28(27)32-29(31)25-14-10-7-11-15-25/h6-17,20-22,26H,18-19H2,1-5H3/t26-/m1/s1. The number of rotatable bonds is 9. The van der Waals surface area contributed by atoms with Crippen molar-refractivity contribution >= 4 is 5.97 Å². The third-order valence-electron chi connectivity index (χ3n) is 5.96. The molecule has 3 heteroatoms. The van der Waals surface area contributed by atoms with Crippen LogP contribution in [0.2, 0.25) is 0 Å². The Hall–Kier alpha value is -2.91. The predicted molar refractivity (Wildman–Crippen MR) is 132 cm³/mol. The van der Waals surface area contributed by atoms with E-state index < -0.39 is 0 Å². The Labute approximate surface area is 193 Å². The molecule has 0 aliphatic carbocycles. The predicted octanol–water partition coefficient (Wildman–Crippen LogP) is 6.86. The van der Waals surface area contributed by atoms with Crippen molar-refractivity contribution in [3.8, 4) is 5.75 Å². The largest absolute Gasteiger partial charge is 0.423 e. The third-order valence-corrected chi connectivity index (χ3v) is 5.96. The van der Waals surface area contributed by atoms with Crippen LogP contribution in [0.5, 0.6) is 5.75 Å². The summed E-state index contributed by atoms with van der Waals surface area (Å²) in [6.45, 7) is 12.0. The maximum Gasteiger partial charge on any atom is 0.343 e. The average Bonchev–Trinajstić information content (AvgIpc) is 2.78. The van der Waals surface area contributed by atoms with Gasteiger partial charge in [-0.05, 0) is 71.3 Å². The van der Waals surface area contributed by atoms with E-state index in [4.69, 9.17) is 4.74 Å². The second-order valence-corrected chi connectivity index (χ2v) is 8.97. The van der Waals surface area contributed by atoms with Crippen LogP contribution in [0.4, 0.5) is 0 Å². The Bertz CT molecular complexity index is 988. The van der Waals surface area contributed by atoms with Crippen LogP contribution in [-0.2, 0) is 0 Å². The zero-order valence-electron chi connectivity index (χ0n) is 19.9. The molecule has 168 valence electrons. The summed E-state index contributed by atoms with van der Waals surface area (Å²) in [4.78, 5) is 15.3. The van der Waals surface area contributed by atoms with Gasteiger partial charge in [-0.2, -0.15) is 0 Å². The minimum atomic E-state index is -0.325. The van der Waals surface area contributed by atoms with Crippen molar-refractivity contribution in [1.29, 1.82) is 0 Å². The highest BCUT2D eigenvalue weighted by molar-refractivity contribution is 5.91. The normalized spacial score (nSPS) is 12.4. The summed E-state index contributed by atoms with van der Waals surface area (Å²) < 4.78 is 5.94. The quantitative estimate of drug-likeness (QED) is 0.275. The Balaban J connectivity index is 1.97. The number of aryl methyl sites for hydroxylation is 1. The van der Waals surface area contributed by atoms with E-state index in [9.17, 15) is 4.79 Å². The first-order valence-corrected chi connectivity index (χ1v) is 11.5. The van der Waals surface area contributed by atoms with Gasteiger partial charge in [0.05, 0.1) is 5.56 Å². The van der Waals surface area contributed by atoms with Crippen LogP contribution in [0.3, 0.4) is 0 Å². The zero-order valence-corrected chi connectivity index (χ0v) is 19.9. The molecule has 0 aliphatic rings. The maximum atomic E-state index is 12.8. The summed E-state index contributed by atoms with van der Waals surface area (Å²) in [5, 5.41) is 0. The molecule has 0 aliphatic heterocycles. The number of hydrogen-bond donors (Lipinski definition) is 0. The van der Waals surface area contributed by atoms with Gasteiger partial charge in [-0.1, -0.05) is 66.2 Å². The molecule has 0 saturated carbocycles. The number of benzene rings is 3. The van der Waals surface area contributed by atoms with Crippen molar-refractivity contribution in [3.63, 3.8) is 0 Å². The van der Waals surface area contributed by atoms with Gasteiger partial charge < -0.3 is 4.74 Å². The monoisotopic (exact) mass is 429 g/mol. The molecule has 0 heterocycles. The smallest absolute Gasteiger partial charge is 0.343 e. The maximum absolute atomic E-state index is 12.8. The molecule has 0 aromatic heterocycles. The second kappa shape index (κ2) is 11.1. The van der Waals surface area contributed by atoms with E-state index >= 15 is 0 Å². The molecule has 3 aromatic carbocycles. The molecule has 0 bridgehead atoms. The zero-order chi connectivity index (χ0) is 23.1. The van der Waals surface area contributed by atoms with E-state index in [1.54, 1.807) is 12.1 Å². The van der Waals surface area contributed by atoms with Gasteiger partial charge in [-0.25, -0.2) is 4.79 Å². The number of nitrogens with zero attached hydrogens (tertiary/aromatic N) is 1. The van der Waals surface area contributed by atoms with Gasteiger partial charge in [-0.3, -0.25) is 4.90 Å². The third kappa shape index (κ3) is 6.08. The Morgan fingerprint density at radius 2 is 1.44 bits per heavy atom. The molecule has 0 spiro atoms. The fourth-order valence-electron chi connectivity index (χ4n) is 4.34. The van der Waals surface area contributed by atoms with Gasteiger partial charge in [-0.15, -0.1) is 0 Å². The van der Waals surface area contributed by atoms with Crippen LogP contribution in [0.25, 0.3) is 0 Å². The molecule has 3 rings (SSSR count). The molecular formula is C29H35NO2. The van der Waals surface area contributed by atoms with Gasteiger partial charge in [0, 0.05) is 23.6 Å². The molecule has 3 nitrogen and oxygen atoms in total. The SMILES string of the molecule is Cc1ccc(OC(=O)c2ccccc2)c([C@H](CCN(C(C)C)C(C)C)c2ccccc2)c1. The molecule has 0 amide bonds. The van der Waals surface area contributed by atoms with Crippen LogP contribution in [0.15, 0.2) is 78.9 Å². The van der Waals surface area contributed by atoms with Crippen molar-refractivity contribution in [2.75, 3.05) is 6.54 Å². The lowest BCUT2D eigenvalue weighted by Gasteiger charge is -2.32. The van der Waals surface area contributed by atoms with Crippen LogP contribution in [0.1, 0.15) is 67.1 Å². The van der Waals surface area contributed by atoms with E-state index in [1.165, 1.54) is 5.56 Å². The molecular weight excluding hydrogens is 394 g/mol. The van der Waals surface area contributed by atoms with Gasteiger partial charge in [0.1, 0.15) is 5.75 Å². The number of carbonyl (C=O) groups excluding carboxylic acids is 1. The van der Waals surface area contributed by atoms with Gasteiger partial charge in [0.15, 0.2) is 0 Å². The Morgan fingerprint density at radius 1 is 0.844 bits per heavy atom. The topological polar surface area (TPSA) is 29.5 Å². The molecule has 32 heavy (non-hydrogen) atoms. The van der Waals surface area contributed by atoms with Crippen LogP contribution in [-0.4, -0.2) is 29.5 Å². The van der Waals surface area contributed by atoms with Crippen LogP contribution in [0, 0.1) is 6.92 Å². The summed E-state index contributed by atoms with van der Waals surface area (Å²) in [5.74, 6) is 0.446. The highest BCUT2D eigenvalue weighted by atomic mass is 16.5. The average molecular weight is 430 g/mol. The number of esters is 1. The number of hydrogen-bond acceptors (Lipinski definition) is 3. The molecule has 3 aromatic rings. The van der Waals surface area contributed by atoms with Crippen molar-refractivity contribution in [3.05, 3.63) is 101 Å². The fraction of sp³-hybridized carbons (Fsp3) is 0.345. The molecule has 0 radical (unpaired) electrons. The summed E-state index contributed by atoms with van der Waals surface area (Å²) in [6.07, 6.45) is 0.944. The molecule has 0 N–H and O–H groups in total. The number of ether oxygens (including phenoxy) is 1. The van der Waals surface area contributed by atoms with Crippen molar-refractivity contribution in [2.45, 2.75) is 59.0 Å². The minimum Gasteiger partial charge on any atom is -0.423 e. The van der Waals surface area contributed by atoms with Gasteiger partial charge in [0.2, 0.25) is 0 Å². The fourth-order valence-corrected chi connectivity index (χ4v) is 4.34. The van der Waals surface area contributed by atoms with E-state index in [-0.39, 0.29) is 11.9 Å². The van der Waals surface area contributed by atoms with Crippen molar-refractivity contribution in [1.82, 2.24) is 4.90 Å². The summed E-state index contributed by atoms with van der Waals surface area (Å²) >= 11 is 0. The van der Waals surface area contributed by atoms with E-state index in [0.717, 1.165) is 24.1 Å². The first-order chi connectivity index (χ1) is 15.4. The number of carbonyl (C=O) groups is 1. The molecule has 0 saturated heterocycles. The van der Waals surface area contributed by atoms with E-state index in [1.807, 2.05) is 36.4 Å². The van der Waals surface area contributed by atoms with E-state index in [2.05, 4.69) is 69.9 Å². The second-order valence-electron chi connectivity index (χ2n) is 8.97. The Morgan fingerprint density at radius 3 is 2.03 bits per heavy atom. The lowest BCUT2D eigenvalue weighted by molar-refractivity contribution is 0.0732.